The summed E-state index contributed by atoms with van der Waals surface area (Å²) in [7, 11) is 0. The molecule has 1 fully saturated rings. The molecule has 1 saturated carbocycles. The molecular weight excluding hydrogens is 440 g/mol. The maximum absolute atomic E-state index is 14.3. The first kappa shape index (κ1) is 20.9. The van der Waals surface area contributed by atoms with Crippen LogP contribution in [0.3, 0.4) is 0 Å². The maximum atomic E-state index is 14.3. The van der Waals surface area contributed by atoms with Crippen molar-refractivity contribution < 1.29 is 13.6 Å². The molecule has 1 atom stereocenters. The van der Waals surface area contributed by atoms with Gasteiger partial charge in [0.05, 0.1) is 12.2 Å². The van der Waals surface area contributed by atoms with E-state index in [0.717, 1.165) is 61.7 Å². The minimum absolute atomic E-state index is 0.159. The van der Waals surface area contributed by atoms with Crippen LogP contribution in [0.2, 0.25) is 0 Å². The largest absolute Gasteiger partial charge is 0.335 e. The number of rotatable bonds is 2. The van der Waals surface area contributed by atoms with Gasteiger partial charge in [-0.05, 0) is 73.9 Å². The van der Waals surface area contributed by atoms with Gasteiger partial charge in [-0.3, -0.25) is 0 Å². The van der Waals surface area contributed by atoms with Crippen molar-refractivity contribution >= 4 is 17.4 Å². The Balaban J connectivity index is 1.51. The van der Waals surface area contributed by atoms with Crippen LogP contribution >= 0.6 is 11.3 Å². The molecule has 33 heavy (non-hydrogen) atoms. The Hall–Kier alpha value is -2.67. The average Bonchev–Trinajstić information content (AvgIpc) is 3.52. The van der Waals surface area contributed by atoms with Crippen LogP contribution in [0.15, 0.2) is 36.5 Å². The highest BCUT2D eigenvalue weighted by molar-refractivity contribution is 7.15. The summed E-state index contributed by atoms with van der Waals surface area (Å²) >= 11 is 1.81. The number of carbonyl (C=O) groups excluding carboxylic acids is 1. The van der Waals surface area contributed by atoms with Crippen LogP contribution in [0.25, 0.3) is 5.00 Å². The number of hydrogen-bond donors (Lipinski definition) is 1. The fraction of sp³-hybridized carbons (Fsp3) is 0.423. The first-order chi connectivity index (χ1) is 16.1. The lowest BCUT2D eigenvalue weighted by atomic mass is 9.95. The number of thiophene rings is 1. The number of urea groups is 1. The standard InChI is InChI=1S/C26H27F2N3OS/c27-17-12-16(13-18(28)14-17)24-22-9-5-11-30(22)25-21(20-8-3-4-10-23(20)33-25)15-31(24)26(32)29-19-6-1-2-7-19/h5,9,11-14,19,24H,1-4,6-8,10,15H2,(H,29,32). The fourth-order valence-corrected chi connectivity index (χ4v) is 7.20. The minimum Gasteiger partial charge on any atom is -0.335 e. The van der Waals surface area contributed by atoms with Gasteiger partial charge >= 0.3 is 6.03 Å². The number of fused-ring (bicyclic) bond motifs is 5. The Bertz CT molecular complexity index is 1190. The molecule has 1 N–H and O–H groups in total. The Kier molecular flexibility index (Phi) is 5.24. The Morgan fingerprint density at radius 2 is 1.76 bits per heavy atom. The molecule has 7 heteroatoms. The summed E-state index contributed by atoms with van der Waals surface area (Å²) < 4.78 is 30.7. The van der Waals surface area contributed by atoms with Gasteiger partial charge < -0.3 is 14.8 Å². The van der Waals surface area contributed by atoms with Gasteiger partial charge in [0.1, 0.15) is 22.7 Å². The van der Waals surface area contributed by atoms with Gasteiger partial charge in [-0.2, -0.15) is 0 Å². The number of amides is 2. The van der Waals surface area contributed by atoms with E-state index in [1.807, 2.05) is 18.3 Å². The quantitative estimate of drug-likeness (QED) is 0.475. The monoisotopic (exact) mass is 467 g/mol. The van der Waals surface area contributed by atoms with E-state index >= 15 is 0 Å². The number of aromatic nitrogens is 1. The second-order valence-corrected chi connectivity index (χ2v) is 10.5. The normalized spacial score (nSPS) is 20.2. The van der Waals surface area contributed by atoms with E-state index < -0.39 is 17.7 Å². The predicted octanol–water partition coefficient (Wildman–Crippen LogP) is 6.25. The lowest BCUT2D eigenvalue weighted by Crippen LogP contribution is -2.45. The van der Waals surface area contributed by atoms with Crippen LogP contribution in [0.4, 0.5) is 13.6 Å². The first-order valence-corrected chi connectivity index (χ1v) is 12.7. The number of aryl methyl sites for hydroxylation is 1. The number of nitrogens with one attached hydrogen (secondary N) is 1. The molecular formula is C26H27F2N3OS. The van der Waals surface area contributed by atoms with E-state index in [9.17, 15) is 13.6 Å². The Morgan fingerprint density at radius 3 is 2.55 bits per heavy atom. The lowest BCUT2D eigenvalue weighted by Gasteiger charge is -2.32. The van der Waals surface area contributed by atoms with E-state index in [1.165, 1.54) is 34.6 Å². The average molecular weight is 468 g/mol. The van der Waals surface area contributed by atoms with E-state index in [1.54, 1.807) is 16.2 Å². The number of benzene rings is 1. The van der Waals surface area contributed by atoms with Gasteiger partial charge in [-0.1, -0.05) is 12.8 Å². The summed E-state index contributed by atoms with van der Waals surface area (Å²) in [6.07, 6.45) is 10.7. The van der Waals surface area contributed by atoms with Crippen molar-refractivity contribution in [3.05, 3.63) is 75.4 Å². The molecule has 0 saturated heterocycles. The molecule has 172 valence electrons. The van der Waals surface area contributed by atoms with Gasteiger partial charge in [0.15, 0.2) is 0 Å². The molecule has 3 aliphatic rings. The van der Waals surface area contributed by atoms with Crippen molar-refractivity contribution in [2.24, 2.45) is 0 Å². The molecule has 4 nitrogen and oxygen atoms in total. The molecule has 1 unspecified atom stereocenters. The maximum Gasteiger partial charge on any atom is 0.318 e. The fourth-order valence-electron chi connectivity index (χ4n) is 5.80. The van der Waals surface area contributed by atoms with Gasteiger partial charge in [0, 0.05) is 28.7 Å². The number of hydrogen-bond acceptors (Lipinski definition) is 2. The van der Waals surface area contributed by atoms with E-state index in [0.29, 0.717) is 12.1 Å². The zero-order valence-corrected chi connectivity index (χ0v) is 19.3. The molecule has 0 spiro atoms. The van der Waals surface area contributed by atoms with Crippen LogP contribution in [0, 0.1) is 11.6 Å². The molecule has 3 heterocycles. The predicted molar refractivity (Wildman–Crippen MR) is 125 cm³/mol. The van der Waals surface area contributed by atoms with Gasteiger partial charge in [0.2, 0.25) is 0 Å². The number of nitrogens with zero attached hydrogens (tertiary/aromatic N) is 2. The molecule has 2 aliphatic carbocycles. The second-order valence-electron chi connectivity index (χ2n) is 9.46. The van der Waals surface area contributed by atoms with Crippen molar-refractivity contribution in [2.75, 3.05) is 0 Å². The summed E-state index contributed by atoms with van der Waals surface area (Å²) in [4.78, 5) is 16.9. The third-order valence-electron chi connectivity index (χ3n) is 7.32. The zero-order chi connectivity index (χ0) is 22.5. The van der Waals surface area contributed by atoms with Gasteiger partial charge in [-0.15, -0.1) is 11.3 Å². The van der Waals surface area contributed by atoms with Crippen molar-refractivity contribution in [2.45, 2.75) is 70.0 Å². The van der Waals surface area contributed by atoms with Crippen molar-refractivity contribution in [1.82, 2.24) is 14.8 Å². The van der Waals surface area contributed by atoms with Crippen LogP contribution in [-0.2, 0) is 19.4 Å². The summed E-state index contributed by atoms with van der Waals surface area (Å²) in [5, 5.41) is 4.36. The second kappa shape index (κ2) is 8.28. The molecule has 2 amide bonds. The zero-order valence-electron chi connectivity index (χ0n) is 18.4. The topological polar surface area (TPSA) is 37.3 Å². The molecule has 2 aromatic heterocycles. The van der Waals surface area contributed by atoms with E-state index in [-0.39, 0.29) is 12.1 Å². The molecule has 3 aromatic rings. The number of carbonyl (C=O) groups is 1. The smallest absolute Gasteiger partial charge is 0.318 e. The van der Waals surface area contributed by atoms with E-state index in [2.05, 4.69) is 9.88 Å². The van der Waals surface area contributed by atoms with Crippen molar-refractivity contribution in [1.29, 1.82) is 0 Å². The summed E-state index contributed by atoms with van der Waals surface area (Å²) in [6, 6.07) is 6.95. The molecule has 0 radical (unpaired) electrons. The molecule has 0 bridgehead atoms. The molecule has 6 rings (SSSR count). The summed E-state index contributed by atoms with van der Waals surface area (Å²) in [5.74, 6) is -1.26. The number of halogens is 2. The van der Waals surface area contributed by atoms with Crippen molar-refractivity contribution in [3.63, 3.8) is 0 Å². The van der Waals surface area contributed by atoms with Gasteiger partial charge in [-0.25, -0.2) is 13.6 Å². The highest BCUT2D eigenvalue weighted by atomic mass is 32.1. The van der Waals surface area contributed by atoms with Crippen LogP contribution in [0.1, 0.15) is 71.8 Å². The molecule has 1 aliphatic heterocycles. The first-order valence-electron chi connectivity index (χ1n) is 11.9. The SMILES string of the molecule is O=C(NC1CCCC1)N1Cc2c(sc3c2CCCC3)-n2cccc2C1c1cc(F)cc(F)c1. The summed E-state index contributed by atoms with van der Waals surface area (Å²) in [6.45, 7) is 0.435. The van der Waals surface area contributed by atoms with Crippen molar-refractivity contribution in [3.8, 4) is 5.00 Å². The Morgan fingerprint density at radius 1 is 1.00 bits per heavy atom. The lowest BCUT2D eigenvalue weighted by molar-refractivity contribution is 0.176. The van der Waals surface area contributed by atoms with Crippen LogP contribution in [0.5, 0.6) is 0 Å². The van der Waals surface area contributed by atoms with E-state index in [4.69, 9.17) is 0 Å². The highest BCUT2D eigenvalue weighted by Crippen LogP contribution is 2.44. The van der Waals surface area contributed by atoms with Gasteiger partial charge in [0.25, 0.3) is 0 Å². The van der Waals surface area contributed by atoms with Crippen LogP contribution in [-0.4, -0.2) is 21.5 Å². The van der Waals surface area contributed by atoms with Crippen LogP contribution < -0.4 is 5.32 Å². The highest BCUT2D eigenvalue weighted by Gasteiger charge is 2.37. The minimum atomic E-state index is -0.629. The third-order valence-corrected chi connectivity index (χ3v) is 8.66. The third kappa shape index (κ3) is 3.66. The Labute approximate surface area is 196 Å². The summed E-state index contributed by atoms with van der Waals surface area (Å²) in [5.41, 5.74) is 3.87. The molecule has 1 aromatic carbocycles.